The summed E-state index contributed by atoms with van der Waals surface area (Å²) in [5.41, 5.74) is 2.77. The molecule has 3 nitrogen and oxygen atoms in total. The zero-order chi connectivity index (χ0) is 10.1. The first kappa shape index (κ1) is 9.40. The number of rotatable bonds is 1. The lowest BCUT2D eigenvalue weighted by atomic mass is 9.99. The third-order valence-electron chi connectivity index (χ3n) is 3.66. The van der Waals surface area contributed by atoms with E-state index in [0.717, 1.165) is 6.54 Å². The van der Waals surface area contributed by atoms with Gasteiger partial charge >= 0.3 is 0 Å². The lowest BCUT2D eigenvalue weighted by Gasteiger charge is -2.20. The van der Waals surface area contributed by atoms with Gasteiger partial charge in [-0.25, -0.2) is 4.98 Å². The van der Waals surface area contributed by atoms with Gasteiger partial charge in [0.1, 0.15) is 5.82 Å². The number of piperidine rings is 1. The molecule has 82 valence electrons. The lowest BCUT2D eigenvalue weighted by molar-refractivity contribution is 0.448. The molecule has 2 heterocycles. The average Bonchev–Trinajstić information content (AvgIpc) is 2.74. The Bertz CT molecular complexity index is 313. The number of imidazole rings is 1. The summed E-state index contributed by atoms with van der Waals surface area (Å²) in [6, 6.07) is 0. The Balaban J connectivity index is 1.82. The van der Waals surface area contributed by atoms with Gasteiger partial charge in [0.2, 0.25) is 0 Å². The minimum atomic E-state index is 0.629. The van der Waals surface area contributed by atoms with E-state index in [1.807, 2.05) is 0 Å². The van der Waals surface area contributed by atoms with Gasteiger partial charge in [-0.15, -0.1) is 0 Å². The molecule has 3 heteroatoms. The van der Waals surface area contributed by atoms with Crippen LogP contribution in [0.2, 0.25) is 0 Å². The van der Waals surface area contributed by atoms with E-state index in [4.69, 9.17) is 4.98 Å². The van der Waals surface area contributed by atoms with Crippen LogP contribution >= 0.6 is 0 Å². The van der Waals surface area contributed by atoms with Crippen LogP contribution in [0.15, 0.2) is 0 Å². The minimum Gasteiger partial charge on any atom is -0.345 e. The molecule has 0 aromatic carbocycles. The van der Waals surface area contributed by atoms with Gasteiger partial charge in [0.05, 0.1) is 5.69 Å². The summed E-state index contributed by atoms with van der Waals surface area (Å²) in [5.74, 6) is 1.87. The molecule has 0 amide bonds. The van der Waals surface area contributed by atoms with Crippen LogP contribution in [0, 0.1) is 0 Å². The number of fused-ring (bicyclic) bond motifs is 1. The summed E-state index contributed by atoms with van der Waals surface area (Å²) in [4.78, 5) is 8.33. The van der Waals surface area contributed by atoms with Gasteiger partial charge < -0.3 is 10.3 Å². The van der Waals surface area contributed by atoms with Crippen LogP contribution < -0.4 is 5.32 Å². The predicted octanol–water partition coefficient (Wildman–Crippen LogP) is 1.76. The summed E-state index contributed by atoms with van der Waals surface area (Å²) in [6.07, 6.45) is 7.63. The molecule has 0 spiro atoms. The molecule has 1 fully saturated rings. The summed E-state index contributed by atoms with van der Waals surface area (Å²) < 4.78 is 0. The van der Waals surface area contributed by atoms with Gasteiger partial charge in [0, 0.05) is 18.2 Å². The molecule has 2 aliphatic rings. The van der Waals surface area contributed by atoms with Gasteiger partial charge in [-0.05, 0) is 45.1 Å². The molecule has 0 saturated carbocycles. The van der Waals surface area contributed by atoms with Crippen molar-refractivity contribution in [2.24, 2.45) is 0 Å². The number of H-pyrrole nitrogens is 1. The number of aryl methyl sites for hydroxylation is 2. The van der Waals surface area contributed by atoms with E-state index in [0.29, 0.717) is 5.92 Å². The number of nitrogens with zero attached hydrogens (tertiary/aromatic N) is 1. The largest absolute Gasteiger partial charge is 0.345 e. The van der Waals surface area contributed by atoms with Crippen LogP contribution in [0.4, 0.5) is 0 Å². The maximum Gasteiger partial charge on any atom is 0.110 e. The maximum absolute atomic E-state index is 4.78. The number of nitrogens with one attached hydrogen (secondary N) is 2. The molecular weight excluding hydrogens is 186 g/mol. The highest BCUT2D eigenvalue weighted by Gasteiger charge is 2.21. The minimum absolute atomic E-state index is 0.629. The quantitative estimate of drug-likeness (QED) is 0.733. The van der Waals surface area contributed by atoms with Gasteiger partial charge in [-0.3, -0.25) is 0 Å². The Morgan fingerprint density at radius 1 is 1.13 bits per heavy atom. The highest BCUT2D eigenvalue weighted by Crippen LogP contribution is 2.25. The van der Waals surface area contributed by atoms with E-state index in [9.17, 15) is 0 Å². The van der Waals surface area contributed by atoms with Gasteiger partial charge in [0.15, 0.2) is 0 Å². The maximum atomic E-state index is 4.78. The Morgan fingerprint density at radius 3 is 2.87 bits per heavy atom. The molecule has 3 rings (SSSR count). The van der Waals surface area contributed by atoms with Crippen molar-refractivity contribution in [3.8, 4) is 0 Å². The third kappa shape index (κ3) is 1.81. The Labute approximate surface area is 90.7 Å². The molecule has 15 heavy (non-hydrogen) atoms. The topological polar surface area (TPSA) is 40.7 Å². The van der Waals surface area contributed by atoms with Crippen molar-refractivity contribution in [3.05, 3.63) is 17.2 Å². The van der Waals surface area contributed by atoms with Gasteiger partial charge in [-0.1, -0.05) is 0 Å². The molecule has 1 aromatic heterocycles. The zero-order valence-electron chi connectivity index (χ0n) is 9.18. The Kier molecular flexibility index (Phi) is 2.49. The number of hydrogen-bond acceptors (Lipinski definition) is 2. The fourth-order valence-electron chi connectivity index (χ4n) is 2.75. The first-order valence-electron chi connectivity index (χ1n) is 6.22. The smallest absolute Gasteiger partial charge is 0.110 e. The third-order valence-corrected chi connectivity index (χ3v) is 3.66. The van der Waals surface area contributed by atoms with Crippen LogP contribution in [0.5, 0.6) is 0 Å². The van der Waals surface area contributed by atoms with Crippen molar-refractivity contribution in [1.29, 1.82) is 0 Å². The monoisotopic (exact) mass is 205 g/mol. The second-order valence-electron chi connectivity index (χ2n) is 4.80. The average molecular weight is 205 g/mol. The second kappa shape index (κ2) is 3.97. The summed E-state index contributed by atoms with van der Waals surface area (Å²) in [6.45, 7) is 2.28. The molecule has 1 saturated heterocycles. The van der Waals surface area contributed by atoms with E-state index in [2.05, 4.69) is 10.3 Å². The fraction of sp³-hybridized carbons (Fsp3) is 0.750. The second-order valence-corrected chi connectivity index (χ2v) is 4.80. The standard InChI is InChI=1S/C12H19N3/c1-2-6-11-10(5-1)14-12(15-11)9-4-3-7-13-8-9/h9,13H,1-8H2,(H,14,15)/t9-/m1/s1. The summed E-state index contributed by atoms with van der Waals surface area (Å²) in [5, 5.41) is 3.45. The van der Waals surface area contributed by atoms with Crippen molar-refractivity contribution < 1.29 is 0 Å². The van der Waals surface area contributed by atoms with Crippen LogP contribution in [0.3, 0.4) is 0 Å². The highest BCUT2D eigenvalue weighted by atomic mass is 15.0. The van der Waals surface area contributed by atoms with E-state index in [1.54, 1.807) is 0 Å². The molecule has 0 unspecified atom stereocenters. The molecule has 2 N–H and O–H groups in total. The lowest BCUT2D eigenvalue weighted by Crippen LogP contribution is -2.28. The van der Waals surface area contributed by atoms with Crippen molar-refractivity contribution in [3.63, 3.8) is 0 Å². The van der Waals surface area contributed by atoms with Crippen LogP contribution in [-0.2, 0) is 12.8 Å². The van der Waals surface area contributed by atoms with Crippen molar-refractivity contribution in [2.45, 2.75) is 44.4 Å². The zero-order valence-corrected chi connectivity index (χ0v) is 9.18. The van der Waals surface area contributed by atoms with Crippen molar-refractivity contribution in [1.82, 2.24) is 15.3 Å². The Morgan fingerprint density at radius 2 is 2.07 bits per heavy atom. The van der Waals surface area contributed by atoms with Crippen LogP contribution in [0.1, 0.15) is 48.8 Å². The number of aromatic amines is 1. The Hall–Kier alpha value is -0.830. The fourth-order valence-corrected chi connectivity index (χ4v) is 2.75. The van der Waals surface area contributed by atoms with Crippen LogP contribution in [0.25, 0.3) is 0 Å². The number of aromatic nitrogens is 2. The molecular formula is C12H19N3. The predicted molar refractivity (Wildman–Crippen MR) is 60.1 cm³/mol. The van der Waals surface area contributed by atoms with Crippen molar-refractivity contribution >= 4 is 0 Å². The molecule has 1 aromatic rings. The molecule has 1 aliphatic carbocycles. The van der Waals surface area contributed by atoms with Gasteiger partial charge in [-0.2, -0.15) is 0 Å². The summed E-state index contributed by atoms with van der Waals surface area (Å²) in [7, 11) is 0. The molecule has 1 atom stereocenters. The first-order chi connectivity index (χ1) is 7.43. The summed E-state index contributed by atoms with van der Waals surface area (Å²) >= 11 is 0. The first-order valence-corrected chi connectivity index (χ1v) is 6.22. The van der Waals surface area contributed by atoms with Crippen molar-refractivity contribution in [2.75, 3.05) is 13.1 Å². The van der Waals surface area contributed by atoms with E-state index in [-0.39, 0.29) is 0 Å². The van der Waals surface area contributed by atoms with E-state index in [1.165, 1.54) is 62.3 Å². The van der Waals surface area contributed by atoms with E-state index >= 15 is 0 Å². The number of hydrogen-bond donors (Lipinski definition) is 2. The van der Waals surface area contributed by atoms with Gasteiger partial charge in [0.25, 0.3) is 0 Å². The SMILES string of the molecule is C1CCc2[nH]c([C@@H]3CCCNC3)nc2C1. The normalized spacial score (nSPS) is 26.3. The molecule has 0 bridgehead atoms. The molecule has 0 radical (unpaired) electrons. The molecule has 1 aliphatic heterocycles. The van der Waals surface area contributed by atoms with Crippen LogP contribution in [-0.4, -0.2) is 23.1 Å². The van der Waals surface area contributed by atoms with E-state index < -0.39 is 0 Å². The highest BCUT2D eigenvalue weighted by molar-refractivity contribution is 5.19.